The van der Waals surface area contributed by atoms with Crippen molar-refractivity contribution in [1.29, 1.82) is 0 Å². The summed E-state index contributed by atoms with van der Waals surface area (Å²) < 4.78 is 0. The summed E-state index contributed by atoms with van der Waals surface area (Å²) >= 11 is 0. The smallest absolute Gasteiger partial charge is 0.252 e. The van der Waals surface area contributed by atoms with Crippen molar-refractivity contribution in [2.45, 2.75) is 181 Å². The van der Waals surface area contributed by atoms with Crippen molar-refractivity contribution in [3.63, 3.8) is 0 Å². The Hall–Kier alpha value is -6.00. The minimum absolute atomic E-state index is 0.0153. The van der Waals surface area contributed by atoms with E-state index in [1.54, 1.807) is 0 Å². The van der Waals surface area contributed by atoms with Gasteiger partial charge < -0.3 is 14.7 Å². The Morgan fingerprint density at radius 3 is 1.55 bits per heavy atom. The van der Waals surface area contributed by atoms with Gasteiger partial charge in [0.15, 0.2) is 0 Å². The lowest BCUT2D eigenvalue weighted by Crippen LogP contribution is -2.62. The Kier molecular flexibility index (Phi) is 11.4. The summed E-state index contributed by atoms with van der Waals surface area (Å²) in [7, 11) is 0. The number of nitrogens with zero attached hydrogens (tertiary/aromatic N) is 3. The highest BCUT2D eigenvalue weighted by molar-refractivity contribution is 7.00. The molecule has 4 heteroatoms. The normalized spacial score (nSPS) is 19.5. The number of anilines is 8. The average molecular weight is 976 g/mol. The maximum Gasteiger partial charge on any atom is 0.252 e. The Morgan fingerprint density at radius 1 is 0.392 bits per heavy atom. The first-order valence-corrected chi connectivity index (χ1v) is 27.9. The lowest BCUT2D eigenvalue weighted by atomic mass is 9.33. The molecule has 74 heavy (non-hydrogen) atoms. The van der Waals surface area contributed by atoms with Crippen LogP contribution < -0.4 is 31.1 Å². The van der Waals surface area contributed by atoms with Gasteiger partial charge in [-0.15, -0.1) is 0 Å². The summed E-state index contributed by atoms with van der Waals surface area (Å²) in [6, 6.07) is 55.7. The SMILES string of the molecule is CC(C)(C)c1cccc(N2c3cc(C(C)(C)C)ccc3B3c4cc(C(C)(C)C)ccc4N(c4ccc(C(C)(C)C)cc4-c4ccccc4)c4cc(N5c6ccc(C(C)(C)C)cc6C6(C)CCCCC56C)cc2c43)c1. The lowest BCUT2D eigenvalue weighted by Gasteiger charge is -2.51. The molecule has 0 spiro atoms. The van der Waals surface area contributed by atoms with Crippen molar-refractivity contribution in [3.8, 4) is 11.1 Å². The molecule has 7 aromatic rings. The quantitative estimate of drug-likeness (QED) is 0.163. The zero-order chi connectivity index (χ0) is 52.9. The first-order valence-electron chi connectivity index (χ1n) is 27.9. The second-order valence-corrected chi connectivity index (χ2v) is 28.3. The second-order valence-electron chi connectivity index (χ2n) is 28.3. The van der Waals surface area contributed by atoms with Gasteiger partial charge in [0.1, 0.15) is 0 Å². The van der Waals surface area contributed by atoms with Crippen LogP contribution in [0.5, 0.6) is 0 Å². The van der Waals surface area contributed by atoms with Gasteiger partial charge in [-0.25, -0.2) is 0 Å². The Labute approximate surface area is 446 Å². The van der Waals surface area contributed by atoms with Crippen molar-refractivity contribution in [1.82, 2.24) is 0 Å². The van der Waals surface area contributed by atoms with Crippen LogP contribution in [0.3, 0.4) is 0 Å². The maximum atomic E-state index is 2.84. The molecule has 2 atom stereocenters. The molecule has 4 aliphatic rings. The van der Waals surface area contributed by atoms with Gasteiger partial charge >= 0.3 is 0 Å². The summed E-state index contributed by atoms with van der Waals surface area (Å²) in [5.74, 6) is 0. The molecule has 1 aliphatic carbocycles. The number of hydrogen-bond donors (Lipinski definition) is 0. The van der Waals surface area contributed by atoms with Crippen molar-refractivity contribution >= 4 is 68.6 Å². The van der Waals surface area contributed by atoms with Crippen molar-refractivity contribution in [2.24, 2.45) is 0 Å². The van der Waals surface area contributed by atoms with Crippen LogP contribution in [0, 0.1) is 0 Å². The Balaban J connectivity index is 1.31. The molecule has 0 N–H and O–H groups in total. The zero-order valence-electron chi connectivity index (χ0n) is 48.0. The van der Waals surface area contributed by atoms with Crippen molar-refractivity contribution < 1.29 is 0 Å². The van der Waals surface area contributed by atoms with E-state index in [2.05, 4.69) is 272 Å². The summed E-state index contributed by atoms with van der Waals surface area (Å²) in [6.45, 7) is 40.6. The molecule has 0 aromatic heterocycles. The highest BCUT2D eigenvalue weighted by Gasteiger charge is 2.58. The molecule has 3 heterocycles. The van der Waals surface area contributed by atoms with Gasteiger partial charge in [0, 0.05) is 50.8 Å². The predicted octanol–water partition coefficient (Wildman–Crippen LogP) is 17.7. The molecule has 0 saturated heterocycles. The summed E-state index contributed by atoms with van der Waals surface area (Å²) in [5, 5.41) is 0. The lowest BCUT2D eigenvalue weighted by molar-refractivity contribution is 0.195. The van der Waals surface area contributed by atoms with Crippen molar-refractivity contribution in [2.75, 3.05) is 14.7 Å². The molecule has 1 saturated carbocycles. The number of fused-ring (bicyclic) bond motifs is 7. The van der Waals surface area contributed by atoms with Crippen LogP contribution in [0.4, 0.5) is 45.5 Å². The van der Waals surface area contributed by atoms with E-state index >= 15 is 0 Å². The molecule has 0 radical (unpaired) electrons. The number of benzene rings is 7. The van der Waals surface area contributed by atoms with Crippen LogP contribution in [-0.4, -0.2) is 12.3 Å². The fourth-order valence-corrected chi connectivity index (χ4v) is 13.3. The van der Waals surface area contributed by atoms with E-state index in [1.165, 1.54) is 126 Å². The molecular weight excluding hydrogens is 894 g/mol. The summed E-state index contributed by atoms with van der Waals surface area (Å²) in [5.41, 5.74) is 24.5. The van der Waals surface area contributed by atoms with E-state index in [4.69, 9.17) is 0 Å². The zero-order valence-corrected chi connectivity index (χ0v) is 48.0. The molecule has 0 bridgehead atoms. The highest BCUT2D eigenvalue weighted by atomic mass is 15.3. The van der Waals surface area contributed by atoms with Crippen LogP contribution in [-0.2, 0) is 32.5 Å². The van der Waals surface area contributed by atoms with E-state index in [-0.39, 0.29) is 44.7 Å². The van der Waals surface area contributed by atoms with E-state index in [0.29, 0.717) is 0 Å². The fraction of sp³-hybridized carbons (Fsp3) is 0.400. The number of rotatable bonds is 4. The second kappa shape index (κ2) is 16.8. The predicted molar refractivity (Wildman–Crippen MR) is 322 cm³/mol. The molecule has 7 aromatic carbocycles. The molecule has 11 rings (SSSR count). The summed E-state index contributed by atoms with van der Waals surface area (Å²) in [6.07, 6.45) is 4.76. The fourth-order valence-electron chi connectivity index (χ4n) is 13.3. The van der Waals surface area contributed by atoms with Gasteiger partial charge in [-0.2, -0.15) is 0 Å². The minimum atomic E-state index is -0.157. The number of hydrogen-bond acceptors (Lipinski definition) is 3. The first kappa shape index (κ1) is 50.2. The summed E-state index contributed by atoms with van der Waals surface area (Å²) in [4.78, 5) is 8.20. The maximum absolute atomic E-state index is 2.84. The average Bonchev–Trinajstić information content (AvgIpc) is 3.62. The van der Waals surface area contributed by atoms with Gasteiger partial charge in [-0.3, -0.25) is 0 Å². The standard InChI is InChI=1S/C70H82BN3/c1-64(2,3)46-26-23-27-51(38-46)72-60-42-50(68(13,14)15)28-32-55(60)71-56-41-49(67(10,11)12)31-35-59(56)73(57-33-29-47(65(4,5)6)39-53(57)45-24-19-18-20-25-45)62-44-52(43-61(72)63(62)71)74-58-34-30-48(66(7,8)9)40-54(58)69(16)36-21-22-37-70(69,74)17/h18-20,23-35,38-44H,21-22,36-37H2,1-17H3. The third kappa shape index (κ3) is 7.89. The largest absolute Gasteiger partial charge is 0.334 e. The molecular formula is C70H82BN3. The molecule has 2 unspecified atom stereocenters. The molecule has 380 valence electrons. The third-order valence-electron chi connectivity index (χ3n) is 18.2. The Bertz CT molecular complexity index is 3360. The highest BCUT2D eigenvalue weighted by Crippen LogP contribution is 2.62. The molecule has 1 fully saturated rings. The topological polar surface area (TPSA) is 9.72 Å². The van der Waals surface area contributed by atoms with Gasteiger partial charge in [0.05, 0.1) is 11.2 Å². The minimum Gasteiger partial charge on any atom is -0.334 e. The van der Waals surface area contributed by atoms with Gasteiger partial charge in [0.2, 0.25) is 0 Å². The molecule has 3 nitrogen and oxygen atoms in total. The van der Waals surface area contributed by atoms with Crippen LogP contribution in [0.15, 0.2) is 140 Å². The van der Waals surface area contributed by atoms with Crippen molar-refractivity contribution in [3.05, 3.63) is 173 Å². The van der Waals surface area contributed by atoms with Crippen LogP contribution in [0.2, 0.25) is 0 Å². The van der Waals surface area contributed by atoms with E-state index < -0.39 is 0 Å². The molecule has 0 amide bonds. The van der Waals surface area contributed by atoms with Crippen LogP contribution >= 0.6 is 0 Å². The van der Waals surface area contributed by atoms with Crippen LogP contribution in [0.25, 0.3) is 11.1 Å². The monoisotopic (exact) mass is 976 g/mol. The Morgan fingerprint density at radius 2 is 0.919 bits per heavy atom. The van der Waals surface area contributed by atoms with E-state index in [9.17, 15) is 0 Å². The van der Waals surface area contributed by atoms with Gasteiger partial charge in [0.25, 0.3) is 6.71 Å². The molecule has 3 aliphatic heterocycles. The van der Waals surface area contributed by atoms with E-state index in [1.807, 2.05) is 0 Å². The van der Waals surface area contributed by atoms with Gasteiger partial charge in [-0.1, -0.05) is 209 Å². The van der Waals surface area contributed by atoms with Gasteiger partial charge in [-0.05, 0) is 157 Å². The first-order chi connectivity index (χ1) is 34.6. The third-order valence-corrected chi connectivity index (χ3v) is 18.2. The van der Waals surface area contributed by atoms with E-state index in [0.717, 1.165) is 6.42 Å². The van der Waals surface area contributed by atoms with Crippen LogP contribution in [0.1, 0.15) is 177 Å².